The number of benzene rings is 1. The number of nitrogens with two attached hydrogens (primary N) is 1. The minimum absolute atomic E-state index is 0.0316. The van der Waals surface area contributed by atoms with Crippen LogP contribution in [0.15, 0.2) is 23.1 Å². The Morgan fingerprint density at radius 3 is 2.61 bits per heavy atom. The molecule has 5 nitrogen and oxygen atoms in total. The second-order valence-electron chi connectivity index (χ2n) is 4.25. The molecule has 0 bridgehead atoms. The fraction of sp³-hybridized carbons (Fsp3) is 0.455. The van der Waals surface area contributed by atoms with Crippen LogP contribution in [0.3, 0.4) is 0 Å². The van der Waals surface area contributed by atoms with Crippen LogP contribution in [0.4, 0.5) is 10.1 Å². The number of nitrogen functional groups attached to an aromatic ring is 1. The molecule has 0 saturated heterocycles. The topological polar surface area (TPSA) is 83.6 Å². The van der Waals surface area contributed by atoms with Crippen LogP contribution < -0.4 is 5.73 Å². The minimum atomic E-state index is -3.77. The van der Waals surface area contributed by atoms with Crippen molar-refractivity contribution >= 4 is 15.7 Å². The molecule has 0 heterocycles. The van der Waals surface area contributed by atoms with E-state index in [4.69, 9.17) is 10.8 Å². The highest BCUT2D eigenvalue weighted by Gasteiger charge is 2.38. The Labute approximate surface area is 105 Å². The van der Waals surface area contributed by atoms with Gasteiger partial charge < -0.3 is 10.8 Å². The van der Waals surface area contributed by atoms with Crippen molar-refractivity contribution in [2.24, 2.45) is 0 Å². The van der Waals surface area contributed by atoms with Gasteiger partial charge in [-0.05, 0) is 31.0 Å². The average molecular weight is 274 g/mol. The molecule has 0 spiro atoms. The van der Waals surface area contributed by atoms with E-state index in [1.165, 1.54) is 4.31 Å². The monoisotopic (exact) mass is 274 g/mol. The van der Waals surface area contributed by atoms with Crippen LogP contribution in [0, 0.1) is 5.82 Å². The van der Waals surface area contributed by atoms with Crippen LogP contribution in [0.5, 0.6) is 0 Å². The van der Waals surface area contributed by atoms with E-state index in [-0.39, 0.29) is 29.8 Å². The fourth-order valence-electron chi connectivity index (χ4n) is 1.84. The smallest absolute Gasteiger partial charge is 0.245 e. The molecule has 1 aliphatic carbocycles. The second-order valence-corrected chi connectivity index (χ2v) is 6.11. The Morgan fingerprint density at radius 1 is 1.44 bits per heavy atom. The van der Waals surface area contributed by atoms with E-state index in [1.807, 2.05) is 0 Å². The first-order valence-electron chi connectivity index (χ1n) is 5.64. The van der Waals surface area contributed by atoms with Gasteiger partial charge in [0.15, 0.2) is 0 Å². The number of aliphatic hydroxyl groups is 1. The molecular weight excluding hydrogens is 259 g/mol. The van der Waals surface area contributed by atoms with Crippen LogP contribution >= 0.6 is 0 Å². The molecular formula is C11H15FN2O3S. The Kier molecular flexibility index (Phi) is 3.56. The van der Waals surface area contributed by atoms with Crippen molar-refractivity contribution in [1.82, 2.24) is 4.31 Å². The third-order valence-electron chi connectivity index (χ3n) is 2.83. The molecule has 100 valence electrons. The predicted molar refractivity (Wildman–Crippen MR) is 64.8 cm³/mol. The molecule has 1 aromatic rings. The molecule has 1 aromatic carbocycles. The molecule has 18 heavy (non-hydrogen) atoms. The van der Waals surface area contributed by atoms with Gasteiger partial charge >= 0.3 is 0 Å². The van der Waals surface area contributed by atoms with Gasteiger partial charge in [-0.1, -0.05) is 0 Å². The highest BCUT2D eigenvalue weighted by molar-refractivity contribution is 7.89. The quantitative estimate of drug-likeness (QED) is 0.768. The number of anilines is 1. The average Bonchev–Trinajstić information content (AvgIpc) is 3.08. The van der Waals surface area contributed by atoms with Crippen LogP contribution in [-0.4, -0.2) is 37.0 Å². The Balaban J connectivity index is 2.39. The zero-order chi connectivity index (χ0) is 13.3. The van der Waals surface area contributed by atoms with Gasteiger partial charge in [-0.3, -0.25) is 0 Å². The SMILES string of the molecule is Nc1cc(F)ccc1S(=O)(=O)N(CCO)C1CC1. The highest BCUT2D eigenvalue weighted by Crippen LogP contribution is 2.33. The Bertz CT molecular complexity index is 543. The molecule has 1 aliphatic rings. The summed E-state index contributed by atoms with van der Waals surface area (Å²) in [5.41, 5.74) is 5.44. The maximum Gasteiger partial charge on any atom is 0.245 e. The first-order valence-corrected chi connectivity index (χ1v) is 7.08. The summed E-state index contributed by atoms with van der Waals surface area (Å²) < 4.78 is 38.9. The Morgan fingerprint density at radius 2 is 2.11 bits per heavy atom. The van der Waals surface area contributed by atoms with Gasteiger partial charge in [-0.15, -0.1) is 0 Å². The van der Waals surface area contributed by atoms with E-state index >= 15 is 0 Å². The number of hydrogen-bond donors (Lipinski definition) is 2. The van der Waals surface area contributed by atoms with Gasteiger partial charge in [0, 0.05) is 12.6 Å². The van der Waals surface area contributed by atoms with E-state index in [9.17, 15) is 12.8 Å². The summed E-state index contributed by atoms with van der Waals surface area (Å²) in [5.74, 6) is -0.577. The summed E-state index contributed by atoms with van der Waals surface area (Å²) in [5, 5.41) is 8.94. The van der Waals surface area contributed by atoms with E-state index in [0.717, 1.165) is 31.0 Å². The molecule has 0 aromatic heterocycles. The van der Waals surface area contributed by atoms with Gasteiger partial charge in [0.1, 0.15) is 10.7 Å². The van der Waals surface area contributed by atoms with E-state index in [1.54, 1.807) is 0 Å². The van der Waals surface area contributed by atoms with Crippen molar-refractivity contribution < 1.29 is 17.9 Å². The number of sulfonamides is 1. The summed E-state index contributed by atoms with van der Waals surface area (Å²) in [6.45, 7) is -0.222. The maximum absolute atomic E-state index is 12.9. The van der Waals surface area contributed by atoms with Crippen molar-refractivity contribution in [2.45, 2.75) is 23.8 Å². The predicted octanol–water partition coefficient (Wildman–Crippen LogP) is 0.553. The first kappa shape index (κ1) is 13.3. The molecule has 0 amide bonds. The Hall–Kier alpha value is -1.18. The first-order chi connectivity index (χ1) is 8.46. The van der Waals surface area contributed by atoms with Crippen molar-refractivity contribution in [1.29, 1.82) is 0 Å². The van der Waals surface area contributed by atoms with E-state index in [2.05, 4.69) is 0 Å². The normalized spacial score (nSPS) is 16.2. The molecule has 1 fully saturated rings. The molecule has 0 unspecified atom stereocenters. The zero-order valence-corrected chi connectivity index (χ0v) is 10.5. The molecule has 0 atom stereocenters. The standard InChI is InChI=1S/C11H15FN2O3S/c12-8-1-4-11(10(13)7-8)18(16,17)14(5-6-15)9-2-3-9/h1,4,7,9,15H,2-3,5-6,13H2. The third kappa shape index (κ3) is 2.47. The zero-order valence-electron chi connectivity index (χ0n) is 9.71. The maximum atomic E-state index is 12.9. The lowest BCUT2D eigenvalue weighted by Crippen LogP contribution is -2.35. The van der Waals surface area contributed by atoms with Crippen molar-refractivity contribution in [3.63, 3.8) is 0 Å². The number of nitrogens with zero attached hydrogens (tertiary/aromatic N) is 1. The van der Waals surface area contributed by atoms with Crippen molar-refractivity contribution in [3.05, 3.63) is 24.0 Å². The summed E-state index contributed by atoms with van der Waals surface area (Å²) in [4.78, 5) is -0.107. The summed E-state index contributed by atoms with van der Waals surface area (Å²) in [7, 11) is -3.77. The number of rotatable bonds is 5. The lowest BCUT2D eigenvalue weighted by molar-refractivity contribution is 0.250. The third-order valence-corrected chi connectivity index (χ3v) is 4.86. The van der Waals surface area contributed by atoms with Gasteiger partial charge in [0.2, 0.25) is 10.0 Å². The molecule has 7 heteroatoms. The van der Waals surface area contributed by atoms with Crippen LogP contribution in [0.2, 0.25) is 0 Å². The van der Waals surface area contributed by atoms with Crippen LogP contribution in [0.1, 0.15) is 12.8 Å². The summed E-state index contributed by atoms with van der Waals surface area (Å²) in [6, 6.07) is 3.13. The molecule has 0 aliphatic heterocycles. The van der Waals surface area contributed by atoms with Crippen LogP contribution in [-0.2, 0) is 10.0 Å². The largest absolute Gasteiger partial charge is 0.398 e. The van der Waals surface area contributed by atoms with Crippen molar-refractivity contribution in [3.8, 4) is 0 Å². The minimum Gasteiger partial charge on any atom is -0.398 e. The van der Waals surface area contributed by atoms with Gasteiger partial charge in [-0.25, -0.2) is 12.8 Å². The van der Waals surface area contributed by atoms with Gasteiger partial charge in [-0.2, -0.15) is 4.31 Å². The molecule has 0 radical (unpaired) electrons. The fourth-order valence-corrected chi connectivity index (χ4v) is 3.62. The van der Waals surface area contributed by atoms with Gasteiger partial charge in [0.25, 0.3) is 0 Å². The lowest BCUT2D eigenvalue weighted by atomic mass is 10.3. The van der Waals surface area contributed by atoms with E-state index in [0.29, 0.717) is 0 Å². The van der Waals surface area contributed by atoms with Crippen molar-refractivity contribution in [2.75, 3.05) is 18.9 Å². The summed E-state index contributed by atoms with van der Waals surface area (Å²) in [6.07, 6.45) is 1.56. The molecule has 3 N–H and O–H groups in total. The number of halogens is 1. The highest BCUT2D eigenvalue weighted by atomic mass is 32.2. The number of hydrogen-bond acceptors (Lipinski definition) is 4. The molecule has 2 rings (SSSR count). The van der Waals surface area contributed by atoms with Crippen LogP contribution in [0.25, 0.3) is 0 Å². The van der Waals surface area contributed by atoms with E-state index < -0.39 is 15.8 Å². The number of aliphatic hydroxyl groups excluding tert-OH is 1. The van der Waals surface area contributed by atoms with Gasteiger partial charge in [0.05, 0.1) is 12.3 Å². The lowest BCUT2D eigenvalue weighted by Gasteiger charge is -2.21. The summed E-state index contributed by atoms with van der Waals surface area (Å²) >= 11 is 0. The second kappa shape index (κ2) is 4.83. The molecule has 1 saturated carbocycles.